The Balaban J connectivity index is 1.90. The number of aromatic nitrogens is 1. The van der Waals surface area contributed by atoms with Crippen LogP contribution < -0.4 is 4.90 Å². The Morgan fingerprint density at radius 2 is 2.25 bits per heavy atom. The van der Waals surface area contributed by atoms with Crippen molar-refractivity contribution >= 4 is 22.4 Å². The number of rotatable bonds is 2. The first kappa shape index (κ1) is 12.8. The van der Waals surface area contributed by atoms with Crippen LogP contribution in [0.5, 0.6) is 0 Å². The topological polar surface area (TPSA) is 33.2 Å². The van der Waals surface area contributed by atoms with E-state index < -0.39 is 0 Å². The number of benzene rings is 1. The van der Waals surface area contributed by atoms with Crippen molar-refractivity contribution < 1.29 is 9.18 Å². The molecule has 1 aliphatic rings. The van der Waals surface area contributed by atoms with Gasteiger partial charge in [0, 0.05) is 29.8 Å². The number of terminal acetylenes is 1. The van der Waals surface area contributed by atoms with Gasteiger partial charge in [0.25, 0.3) is 0 Å². The Bertz CT molecular complexity index is 704. The standard InChI is InChI=1S/C15H11FN2OS/c1-2-10-7-14(19)18(8-10)15-17-13(9-20-15)11-5-3-4-6-12(11)16/h1,3-6,9-10H,7-8H2. The largest absolute Gasteiger partial charge is 0.287 e. The van der Waals surface area contributed by atoms with E-state index in [9.17, 15) is 9.18 Å². The molecule has 1 aromatic carbocycles. The molecule has 0 spiro atoms. The predicted octanol–water partition coefficient (Wildman–Crippen LogP) is 2.94. The predicted molar refractivity (Wildman–Crippen MR) is 76.8 cm³/mol. The highest BCUT2D eigenvalue weighted by Crippen LogP contribution is 2.32. The molecule has 1 aromatic heterocycles. The van der Waals surface area contributed by atoms with Crippen LogP contribution in [0.2, 0.25) is 0 Å². The molecule has 1 aliphatic heterocycles. The normalized spacial score (nSPS) is 18.3. The number of amides is 1. The number of nitrogens with zero attached hydrogens (tertiary/aromatic N) is 2. The maximum absolute atomic E-state index is 13.7. The van der Waals surface area contributed by atoms with Gasteiger partial charge in [-0.25, -0.2) is 9.37 Å². The third kappa shape index (κ3) is 2.19. The molecule has 0 saturated carbocycles. The lowest BCUT2D eigenvalue weighted by Gasteiger charge is -2.11. The van der Waals surface area contributed by atoms with Gasteiger partial charge in [-0.1, -0.05) is 12.1 Å². The quantitative estimate of drug-likeness (QED) is 0.795. The highest BCUT2D eigenvalue weighted by Gasteiger charge is 2.31. The van der Waals surface area contributed by atoms with Gasteiger partial charge in [-0.3, -0.25) is 9.69 Å². The first-order valence-corrected chi connectivity index (χ1v) is 7.04. The minimum Gasteiger partial charge on any atom is -0.287 e. The number of halogens is 1. The molecule has 0 aliphatic carbocycles. The zero-order valence-electron chi connectivity index (χ0n) is 10.5. The molecule has 0 N–H and O–H groups in total. The third-order valence-electron chi connectivity index (χ3n) is 3.23. The molecule has 5 heteroatoms. The molecule has 1 amide bonds. The van der Waals surface area contributed by atoms with Crippen molar-refractivity contribution in [2.75, 3.05) is 11.4 Å². The lowest BCUT2D eigenvalue weighted by molar-refractivity contribution is -0.117. The Morgan fingerprint density at radius 1 is 1.45 bits per heavy atom. The summed E-state index contributed by atoms with van der Waals surface area (Å²) >= 11 is 1.33. The van der Waals surface area contributed by atoms with Crippen molar-refractivity contribution in [3.8, 4) is 23.6 Å². The molecule has 1 saturated heterocycles. The number of hydrogen-bond donors (Lipinski definition) is 0. The Labute approximate surface area is 120 Å². The summed E-state index contributed by atoms with van der Waals surface area (Å²) in [5, 5.41) is 2.33. The summed E-state index contributed by atoms with van der Waals surface area (Å²) in [5.74, 6) is 2.18. The zero-order valence-corrected chi connectivity index (χ0v) is 11.4. The summed E-state index contributed by atoms with van der Waals surface area (Å²) in [5.41, 5.74) is 0.982. The van der Waals surface area contributed by atoms with E-state index in [1.54, 1.807) is 28.5 Å². The second-order valence-electron chi connectivity index (χ2n) is 4.57. The van der Waals surface area contributed by atoms with Crippen LogP contribution in [0.3, 0.4) is 0 Å². The SMILES string of the molecule is C#CC1CC(=O)N(c2nc(-c3ccccc3F)cs2)C1. The number of anilines is 1. The van der Waals surface area contributed by atoms with Gasteiger partial charge >= 0.3 is 0 Å². The molecule has 1 fully saturated rings. The number of hydrogen-bond acceptors (Lipinski definition) is 3. The summed E-state index contributed by atoms with van der Waals surface area (Å²) < 4.78 is 13.7. The Hall–Kier alpha value is -2.19. The monoisotopic (exact) mass is 286 g/mol. The zero-order chi connectivity index (χ0) is 14.1. The van der Waals surface area contributed by atoms with Crippen molar-refractivity contribution in [2.24, 2.45) is 5.92 Å². The van der Waals surface area contributed by atoms with Crippen LogP contribution in [0.15, 0.2) is 29.6 Å². The molecule has 0 bridgehead atoms. The third-order valence-corrected chi connectivity index (χ3v) is 4.10. The van der Waals surface area contributed by atoms with Gasteiger partial charge in [-0.05, 0) is 12.1 Å². The second-order valence-corrected chi connectivity index (χ2v) is 5.40. The van der Waals surface area contributed by atoms with Gasteiger partial charge in [0.05, 0.1) is 5.69 Å². The van der Waals surface area contributed by atoms with Crippen molar-refractivity contribution in [3.63, 3.8) is 0 Å². The highest BCUT2D eigenvalue weighted by molar-refractivity contribution is 7.14. The number of carbonyl (C=O) groups excluding carboxylic acids is 1. The molecule has 2 heterocycles. The maximum atomic E-state index is 13.7. The van der Waals surface area contributed by atoms with Crippen LogP contribution >= 0.6 is 11.3 Å². The maximum Gasteiger partial charge on any atom is 0.230 e. The van der Waals surface area contributed by atoms with Crippen molar-refractivity contribution in [2.45, 2.75) is 6.42 Å². The minimum atomic E-state index is -0.321. The average molecular weight is 286 g/mol. The van der Waals surface area contributed by atoms with Crippen molar-refractivity contribution in [1.82, 2.24) is 4.98 Å². The fourth-order valence-electron chi connectivity index (χ4n) is 2.19. The van der Waals surface area contributed by atoms with E-state index in [4.69, 9.17) is 6.42 Å². The molecule has 1 unspecified atom stereocenters. The molecule has 100 valence electrons. The van der Waals surface area contributed by atoms with Gasteiger partial charge in [-0.2, -0.15) is 0 Å². The first-order chi connectivity index (χ1) is 9.69. The van der Waals surface area contributed by atoms with E-state index >= 15 is 0 Å². The fraction of sp³-hybridized carbons (Fsp3) is 0.200. The Morgan fingerprint density at radius 3 is 2.95 bits per heavy atom. The smallest absolute Gasteiger partial charge is 0.230 e. The van der Waals surface area contributed by atoms with E-state index in [-0.39, 0.29) is 17.6 Å². The van der Waals surface area contributed by atoms with Crippen LogP contribution in [0, 0.1) is 24.1 Å². The Kier molecular flexibility index (Phi) is 3.25. The van der Waals surface area contributed by atoms with E-state index in [1.807, 2.05) is 0 Å². The van der Waals surface area contributed by atoms with Gasteiger partial charge < -0.3 is 0 Å². The second kappa shape index (κ2) is 5.06. The van der Waals surface area contributed by atoms with Crippen LogP contribution in [-0.2, 0) is 4.79 Å². The molecule has 0 radical (unpaired) electrons. The summed E-state index contributed by atoms with van der Waals surface area (Å²) in [6.45, 7) is 0.486. The summed E-state index contributed by atoms with van der Waals surface area (Å²) in [7, 11) is 0. The molecule has 3 nitrogen and oxygen atoms in total. The van der Waals surface area contributed by atoms with Crippen molar-refractivity contribution in [3.05, 3.63) is 35.5 Å². The molecule has 1 atom stereocenters. The molecular formula is C15H11FN2OS. The van der Waals surface area contributed by atoms with Crippen LogP contribution in [0.25, 0.3) is 11.3 Å². The number of carbonyl (C=O) groups is 1. The van der Waals surface area contributed by atoms with E-state index in [1.165, 1.54) is 17.4 Å². The molecule has 3 rings (SSSR count). The first-order valence-electron chi connectivity index (χ1n) is 6.16. The van der Waals surface area contributed by atoms with E-state index in [0.717, 1.165) is 0 Å². The average Bonchev–Trinajstić information content (AvgIpc) is 3.05. The summed E-state index contributed by atoms with van der Waals surface area (Å²) in [6, 6.07) is 6.45. The summed E-state index contributed by atoms with van der Waals surface area (Å²) in [6.07, 6.45) is 5.71. The summed E-state index contributed by atoms with van der Waals surface area (Å²) in [4.78, 5) is 17.8. The molecule has 20 heavy (non-hydrogen) atoms. The van der Waals surface area contributed by atoms with Gasteiger partial charge in [-0.15, -0.1) is 23.7 Å². The van der Waals surface area contributed by atoms with Gasteiger partial charge in [0.1, 0.15) is 5.82 Å². The fourth-order valence-corrected chi connectivity index (χ4v) is 3.04. The van der Waals surface area contributed by atoms with Crippen LogP contribution in [0.4, 0.5) is 9.52 Å². The highest BCUT2D eigenvalue weighted by atomic mass is 32.1. The van der Waals surface area contributed by atoms with E-state index in [0.29, 0.717) is 29.4 Å². The molecular weight excluding hydrogens is 275 g/mol. The van der Waals surface area contributed by atoms with E-state index in [2.05, 4.69) is 10.9 Å². The van der Waals surface area contributed by atoms with Gasteiger partial charge in [0.2, 0.25) is 5.91 Å². The van der Waals surface area contributed by atoms with Crippen molar-refractivity contribution in [1.29, 1.82) is 0 Å². The van der Waals surface area contributed by atoms with Crippen LogP contribution in [0.1, 0.15) is 6.42 Å². The minimum absolute atomic E-state index is 0.0256. The van der Waals surface area contributed by atoms with Crippen LogP contribution in [-0.4, -0.2) is 17.4 Å². The molecule has 2 aromatic rings. The number of thiazole rings is 1. The lowest BCUT2D eigenvalue weighted by atomic mass is 10.1. The van der Waals surface area contributed by atoms with Gasteiger partial charge in [0.15, 0.2) is 5.13 Å². The lowest BCUT2D eigenvalue weighted by Crippen LogP contribution is -2.24.